The third-order valence-electron chi connectivity index (χ3n) is 5.74. The van der Waals surface area contributed by atoms with E-state index in [0.717, 1.165) is 18.1 Å². The Kier molecular flexibility index (Phi) is 6.40. The maximum atomic E-state index is 14.3. The molecule has 9 heteroatoms. The van der Waals surface area contributed by atoms with Gasteiger partial charge in [0, 0.05) is 23.0 Å². The van der Waals surface area contributed by atoms with Gasteiger partial charge in [0.2, 0.25) is 0 Å². The van der Waals surface area contributed by atoms with Gasteiger partial charge in [0.1, 0.15) is 5.75 Å². The number of hydrogen-bond acceptors (Lipinski definition) is 4. The quantitative estimate of drug-likeness (QED) is 0.468. The molecular formula is C26H27F3N2O4. The van der Waals surface area contributed by atoms with E-state index in [0.29, 0.717) is 35.7 Å². The fraction of sp³-hybridized carbons (Fsp3) is 0.385. The highest BCUT2D eigenvalue weighted by Crippen LogP contribution is 2.45. The number of benzene rings is 2. The first-order chi connectivity index (χ1) is 16.4. The second-order valence-electron chi connectivity index (χ2n) is 9.53. The summed E-state index contributed by atoms with van der Waals surface area (Å²) in [5.74, 6) is -0.839. The van der Waals surface area contributed by atoms with Crippen molar-refractivity contribution < 1.29 is 32.5 Å². The van der Waals surface area contributed by atoms with E-state index in [9.17, 15) is 23.1 Å². The van der Waals surface area contributed by atoms with Crippen LogP contribution in [0.3, 0.4) is 0 Å². The predicted octanol–water partition coefficient (Wildman–Crippen LogP) is 6.13. The first-order valence-electron chi connectivity index (χ1n) is 11.3. The van der Waals surface area contributed by atoms with Gasteiger partial charge in [0.25, 0.3) is 0 Å². The number of aliphatic carboxylic acids is 1. The molecule has 1 N–H and O–H groups in total. The Bertz CT molecular complexity index is 1260. The molecule has 0 saturated heterocycles. The van der Waals surface area contributed by atoms with Crippen LogP contribution in [0, 0.1) is 6.92 Å². The minimum atomic E-state index is -4.81. The number of alkyl halides is 3. The topological polar surface area (TPSA) is 73.6 Å². The maximum absolute atomic E-state index is 14.3. The number of fused-ring (bicyclic) bond motifs is 1. The molecule has 3 aromatic rings. The molecule has 0 fully saturated rings. The molecule has 6 nitrogen and oxygen atoms in total. The van der Waals surface area contributed by atoms with Gasteiger partial charge in [0.15, 0.2) is 6.10 Å². The van der Waals surface area contributed by atoms with Crippen molar-refractivity contribution in [1.82, 2.24) is 9.78 Å². The number of ether oxygens (including phenoxy) is 2. The largest absolute Gasteiger partial charge is 0.493 e. The van der Waals surface area contributed by atoms with E-state index < -0.39 is 35.0 Å². The summed E-state index contributed by atoms with van der Waals surface area (Å²) in [5.41, 5.74) is -0.136. The van der Waals surface area contributed by atoms with Gasteiger partial charge in [-0.15, -0.1) is 0 Å². The number of aromatic nitrogens is 2. The third-order valence-corrected chi connectivity index (χ3v) is 5.74. The van der Waals surface area contributed by atoms with Crippen LogP contribution >= 0.6 is 0 Å². The Balaban J connectivity index is 2.11. The van der Waals surface area contributed by atoms with E-state index in [4.69, 9.17) is 9.47 Å². The van der Waals surface area contributed by atoms with Crippen molar-refractivity contribution >= 4 is 5.97 Å². The van der Waals surface area contributed by atoms with Crippen molar-refractivity contribution in [2.75, 3.05) is 6.61 Å². The first kappa shape index (κ1) is 24.8. The SMILES string of the molecule is Cc1ccnn1-c1ccc(C(F)(F)F)c(C(OC(C)(C)C)C(=O)O)c1-c1ccc2c(c1)CCCO2. The molecular weight excluding hydrogens is 461 g/mol. The van der Waals surface area contributed by atoms with Crippen molar-refractivity contribution in [3.63, 3.8) is 0 Å². The number of rotatable bonds is 5. The monoisotopic (exact) mass is 488 g/mol. The van der Waals surface area contributed by atoms with Crippen LogP contribution in [0.1, 0.15) is 55.7 Å². The van der Waals surface area contributed by atoms with E-state index in [1.807, 2.05) is 0 Å². The van der Waals surface area contributed by atoms with Gasteiger partial charge in [-0.3, -0.25) is 0 Å². The van der Waals surface area contributed by atoms with Crippen molar-refractivity contribution in [2.45, 2.75) is 58.4 Å². The first-order valence-corrected chi connectivity index (χ1v) is 11.3. The second-order valence-corrected chi connectivity index (χ2v) is 9.53. The molecule has 0 spiro atoms. The number of halogens is 3. The lowest BCUT2D eigenvalue weighted by Crippen LogP contribution is -2.30. The van der Waals surface area contributed by atoms with Gasteiger partial charge in [0.05, 0.1) is 23.5 Å². The van der Waals surface area contributed by atoms with Crippen molar-refractivity contribution in [2.24, 2.45) is 0 Å². The Morgan fingerprint density at radius 3 is 2.51 bits per heavy atom. The summed E-state index contributed by atoms with van der Waals surface area (Å²) < 4.78 is 55.9. The summed E-state index contributed by atoms with van der Waals surface area (Å²) >= 11 is 0. The highest BCUT2D eigenvalue weighted by atomic mass is 19.4. The summed E-state index contributed by atoms with van der Waals surface area (Å²) in [4.78, 5) is 12.4. The fourth-order valence-electron chi connectivity index (χ4n) is 4.33. The van der Waals surface area contributed by atoms with E-state index in [1.54, 1.807) is 52.0 Å². The lowest BCUT2D eigenvalue weighted by atomic mass is 9.88. The highest BCUT2D eigenvalue weighted by Gasteiger charge is 2.41. The number of hydrogen-bond donors (Lipinski definition) is 1. The zero-order chi connectivity index (χ0) is 25.5. The van der Waals surface area contributed by atoms with Crippen molar-refractivity contribution in [1.29, 1.82) is 0 Å². The summed E-state index contributed by atoms with van der Waals surface area (Å²) in [7, 11) is 0. The van der Waals surface area contributed by atoms with Gasteiger partial charge < -0.3 is 14.6 Å². The minimum absolute atomic E-state index is 0.108. The molecule has 1 aliphatic rings. The van der Waals surface area contributed by atoms with Crippen LogP contribution in [-0.2, 0) is 22.1 Å². The Morgan fingerprint density at radius 2 is 1.91 bits per heavy atom. The van der Waals surface area contributed by atoms with E-state index in [1.165, 1.54) is 16.9 Å². The summed E-state index contributed by atoms with van der Waals surface area (Å²) in [6.07, 6.45) is -3.66. The number of carboxylic acid groups (broad SMARTS) is 1. The van der Waals surface area contributed by atoms with E-state index in [-0.39, 0.29) is 5.56 Å². The molecule has 2 heterocycles. The number of carboxylic acids is 1. The van der Waals surface area contributed by atoms with Gasteiger partial charge in [-0.05, 0) is 82.0 Å². The molecule has 1 unspecified atom stereocenters. The van der Waals surface area contributed by atoms with Crippen LogP contribution in [-0.4, -0.2) is 33.1 Å². The minimum Gasteiger partial charge on any atom is -0.493 e. The average Bonchev–Trinajstić information content (AvgIpc) is 3.20. The number of carbonyl (C=O) groups is 1. The molecule has 1 aliphatic heterocycles. The molecule has 2 aromatic carbocycles. The Hall–Kier alpha value is -3.33. The normalized spacial score (nSPS) is 14.8. The summed E-state index contributed by atoms with van der Waals surface area (Å²) in [5, 5.41) is 14.4. The van der Waals surface area contributed by atoms with Crippen LogP contribution < -0.4 is 4.74 Å². The van der Waals surface area contributed by atoms with Crippen LogP contribution in [0.25, 0.3) is 16.8 Å². The summed E-state index contributed by atoms with van der Waals surface area (Å²) in [6, 6.07) is 9.09. The lowest BCUT2D eigenvalue weighted by molar-refractivity contribution is -0.163. The van der Waals surface area contributed by atoms with E-state index >= 15 is 0 Å². The Morgan fingerprint density at radius 1 is 1.17 bits per heavy atom. The van der Waals surface area contributed by atoms with Crippen LogP contribution in [0.4, 0.5) is 13.2 Å². The molecule has 1 atom stereocenters. The number of nitrogens with zero attached hydrogens (tertiary/aromatic N) is 2. The molecule has 0 amide bonds. The van der Waals surface area contributed by atoms with Gasteiger partial charge in [-0.1, -0.05) is 6.07 Å². The highest BCUT2D eigenvalue weighted by molar-refractivity contribution is 5.85. The zero-order valence-electron chi connectivity index (χ0n) is 19.9. The lowest BCUT2D eigenvalue weighted by Gasteiger charge is -2.30. The van der Waals surface area contributed by atoms with E-state index in [2.05, 4.69) is 5.10 Å². The maximum Gasteiger partial charge on any atom is 0.416 e. The zero-order valence-corrected chi connectivity index (χ0v) is 19.9. The smallest absolute Gasteiger partial charge is 0.416 e. The fourth-order valence-corrected chi connectivity index (χ4v) is 4.33. The van der Waals surface area contributed by atoms with Crippen molar-refractivity contribution in [3.05, 3.63) is 65.0 Å². The van der Waals surface area contributed by atoms with Gasteiger partial charge >= 0.3 is 12.1 Å². The van der Waals surface area contributed by atoms with Crippen LogP contribution in [0.15, 0.2) is 42.6 Å². The van der Waals surface area contributed by atoms with Crippen LogP contribution in [0.5, 0.6) is 5.75 Å². The summed E-state index contributed by atoms with van der Waals surface area (Å²) in [6.45, 7) is 7.16. The van der Waals surface area contributed by atoms with Gasteiger partial charge in [-0.25, -0.2) is 9.48 Å². The van der Waals surface area contributed by atoms with Crippen LogP contribution in [0.2, 0.25) is 0 Å². The molecule has 4 rings (SSSR count). The van der Waals surface area contributed by atoms with Crippen molar-refractivity contribution in [3.8, 4) is 22.6 Å². The second kappa shape index (κ2) is 9.03. The molecule has 0 radical (unpaired) electrons. The number of aryl methyl sites for hydroxylation is 2. The molecule has 0 saturated carbocycles. The predicted molar refractivity (Wildman–Crippen MR) is 124 cm³/mol. The molecule has 35 heavy (non-hydrogen) atoms. The standard InChI is InChI=1S/C26H27F3N2O4/c1-15-11-12-30-31(15)19-9-8-18(26(27,28)29)22(23(24(32)33)35-25(2,3)4)21(19)17-7-10-20-16(14-17)6-5-13-34-20/h7-12,14,23H,5-6,13H2,1-4H3,(H,32,33). The molecule has 0 aliphatic carbocycles. The molecule has 0 bridgehead atoms. The van der Waals surface area contributed by atoms with Gasteiger partial charge in [-0.2, -0.15) is 18.3 Å². The molecule has 186 valence electrons. The molecule has 1 aromatic heterocycles. The average molecular weight is 489 g/mol. The third kappa shape index (κ3) is 5.05. The Labute approximate surface area is 201 Å².